The van der Waals surface area contributed by atoms with Gasteiger partial charge in [-0.2, -0.15) is 0 Å². The van der Waals surface area contributed by atoms with E-state index in [-0.39, 0.29) is 6.04 Å². The van der Waals surface area contributed by atoms with E-state index in [1.165, 1.54) is 49.5 Å². The van der Waals surface area contributed by atoms with E-state index in [1.54, 1.807) is 0 Å². The molecule has 1 saturated carbocycles. The van der Waals surface area contributed by atoms with Crippen molar-refractivity contribution < 1.29 is 4.42 Å². The van der Waals surface area contributed by atoms with Crippen LogP contribution >= 0.6 is 0 Å². The van der Waals surface area contributed by atoms with Gasteiger partial charge in [0.2, 0.25) is 0 Å². The predicted octanol–water partition coefficient (Wildman–Crippen LogP) is 4.61. The number of rotatable bonds is 5. The van der Waals surface area contributed by atoms with Crippen LogP contribution in [0.4, 0.5) is 0 Å². The molecular weight excluding hydrogens is 260 g/mol. The van der Waals surface area contributed by atoms with E-state index in [4.69, 9.17) is 10.3 Å². The number of aryl methyl sites for hydroxylation is 1. The third kappa shape index (κ3) is 3.30. The van der Waals surface area contributed by atoms with Crippen molar-refractivity contribution in [3.05, 3.63) is 35.6 Å². The van der Waals surface area contributed by atoms with Gasteiger partial charge in [0.25, 0.3) is 0 Å². The van der Waals surface area contributed by atoms with Gasteiger partial charge in [-0.15, -0.1) is 0 Å². The number of para-hydroxylation sites is 1. The van der Waals surface area contributed by atoms with E-state index < -0.39 is 0 Å². The molecule has 114 valence electrons. The lowest BCUT2D eigenvalue weighted by molar-refractivity contribution is 0.304. The van der Waals surface area contributed by atoms with Gasteiger partial charge in [0.15, 0.2) is 0 Å². The Bertz CT molecular complexity index is 584. The first-order valence-electron chi connectivity index (χ1n) is 8.23. The first-order chi connectivity index (χ1) is 10.3. The van der Waals surface area contributed by atoms with Crippen LogP contribution in [0.2, 0.25) is 0 Å². The average molecular weight is 286 g/mol. The van der Waals surface area contributed by atoms with Crippen molar-refractivity contribution in [2.24, 2.45) is 11.8 Å². The topological polar surface area (TPSA) is 51.2 Å². The Morgan fingerprint density at radius 1 is 1.29 bits per heavy atom. The van der Waals surface area contributed by atoms with Crippen LogP contribution < -0.4 is 11.3 Å². The molecule has 1 unspecified atom stereocenters. The summed E-state index contributed by atoms with van der Waals surface area (Å²) in [5.74, 6) is 7.62. The quantitative estimate of drug-likeness (QED) is 0.623. The number of benzene rings is 1. The molecule has 0 saturated heterocycles. The summed E-state index contributed by atoms with van der Waals surface area (Å²) in [6.07, 6.45) is 9.28. The molecule has 1 aliphatic carbocycles. The fourth-order valence-electron chi connectivity index (χ4n) is 3.59. The minimum absolute atomic E-state index is 0.124. The summed E-state index contributed by atoms with van der Waals surface area (Å²) in [4.78, 5) is 0. The zero-order valence-corrected chi connectivity index (χ0v) is 12.9. The van der Waals surface area contributed by atoms with E-state index >= 15 is 0 Å². The third-order valence-electron chi connectivity index (χ3n) is 4.89. The van der Waals surface area contributed by atoms with Crippen LogP contribution in [-0.4, -0.2) is 0 Å². The van der Waals surface area contributed by atoms with Crippen molar-refractivity contribution in [1.29, 1.82) is 0 Å². The molecule has 1 heterocycles. The van der Waals surface area contributed by atoms with E-state index in [0.717, 1.165) is 23.7 Å². The summed E-state index contributed by atoms with van der Waals surface area (Å²) in [5, 5.41) is 1.17. The maximum Gasteiger partial charge on any atom is 0.137 e. The molecule has 3 heteroatoms. The van der Waals surface area contributed by atoms with Gasteiger partial charge < -0.3 is 4.42 Å². The Labute approximate surface area is 126 Å². The van der Waals surface area contributed by atoms with Gasteiger partial charge >= 0.3 is 0 Å². The van der Waals surface area contributed by atoms with Crippen molar-refractivity contribution in [1.82, 2.24) is 5.43 Å². The van der Waals surface area contributed by atoms with Crippen LogP contribution in [0.1, 0.15) is 62.3 Å². The molecule has 1 aromatic carbocycles. The predicted molar refractivity (Wildman–Crippen MR) is 86.8 cm³/mol. The number of nitrogens with one attached hydrogen (secondary N) is 1. The minimum Gasteiger partial charge on any atom is -0.459 e. The summed E-state index contributed by atoms with van der Waals surface area (Å²) in [5.41, 5.74) is 5.12. The van der Waals surface area contributed by atoms with Crippen molar-refractivity contribution in [3.8, 4) is 0 Å². The van der Waals surface area contributed by atoms with Crippen LogP contribution in [0.3, 0.4) is 0 Å². The molecule has 0 aliphatic heterocycles. The second-order valence-corrected chi connectivity index (χ2v) is 6.44. The van der Waals surface area contributed by atoms with Gasteiger partial charge in [-0.1, -0.05) is 50.3 Å². The molecule has 0 radical (unpaired) electrons. The number of hydrogen-bond acceptors (Lipinski definition) is 3. The maximum atomic E-state index is 6.05. The fraction of sp³-hybridized carbons (Fsp3) is 0.556. The Kier molecular flexibility index (Phi) is 4.61. The number of hydrazine groups is 1. The zero-order valence-electron chi connectivity index (χ0n) is 12.9. The minimum atomic E-state index is 0.124. The molecule has 0 amide bonds. The zero-order chi connectivity index (χ0) is 14.7. The van der Waals surface area contributed by atoms with Gasteiger partial charge in [-0.3, -0.25) is 5.84 Å². The summed E-state index contributed by atoms with van der Waals surface area (Å²) in [6, 6.07) is 8.52. The van der Waals surface area contributed by atoms with Crippen molar-refractivity contribution in [2.45, 2.75) is 57.9 Å². The van der Waals surface area contributed by atoms with Crippen LogP contribution in [-0.2, 0) is 0 Å². The highest BCUT2D eigenvalue weighted by atomic mass is 16.3. The summed E-state index contributed by atoms with van der Waals surface area (Å²) >= 11 is 0. The highest BCUT2D eigenvalue weighted by molar-refractivity contribution is 5.80. The molecule has 2 aromatic rings. The Hall–Kier alpha value is -1.32. The fourth-order valence-corrected chi connectivity index (χ4v) is 3.59. The van der Waals surface area contributed by atoms with E-state index in [2.05, 4.69) is 36.6 Å². The lowest BCUT2D eigenvalue weighted by Gasteiger charge is -2.23. The Morgan fingerprint density at radius 2 is 2.10 bits per heavy atom. The summed E-state index contributed by atoms with van der Waals surface area (Å²) in [7, 11) is 0. The third-order valence-corrected chi connectivity index (χ3v) is 4.89. The standard InChI is InChI=1S/C18H26N2O/c1-13-6-5-9-15-12-17(21-18(13)15)16(20-19)11-10-14-7-3-2-4-8-14/h5-6,9,12,14,16,20H,2-4,7-8,10-11,19H2,1H3. The summed E-state index contributed by atoms with van der Waals surface area (Å²) in [6.45, 7) is 2.09. The van der Waals surface area contributed by atoms with Crippen LogP contribution in [0.15, 0.2) is 28.7 Å². The molecular formula is C18H26N2O. The van der Waals surface area contributed by atoms with Crippen molar-refractivity contribution in [3.63, 3.8) is 0 Å². The van der Waals surface area contributed by atoms with Crippen LogP contribution in [0.25, 0.3) is 11.0 Å². The molecule has 1 fully saturated rings. The van der Waals surface area contributed by atoms with E-state index in [9.17, 15) is 0 Å². The monoisotopic (exact) mass is 286 g/mol. The molecule has 3 N–H and O–H groups in total. The molecule has 21 heavy (non-hydrogen) atoms. The lowest BCUT2D eigenvalue weighted by Crippen LogP contribution is -2.28. The largest absolute Gasteiger partial charge is 0.459 e. The molecule has 1 aromatic heterocycles. The summed E-state index contributed by atoms with van der Waals surface area (Å²) < 4.78 is 6.05. The average Bonchev–Trinajstić information content (AvgIpc) is 2.94. The maximum absolute atomic E-state index is 6.05. The first kappa shape index (κ1) is 14.6. The molecule has 0 spiro atoms. The molecule has 3 nitrogen and oxygen atoms in total. The SMILES string of the molecule is Cc1cccc2cc(C(CCC3CCCCC3)NN)oc12. The van der Waals surface area contributed by atoms with Gasteiger partial charge in [-0.25, -0.2) is 5.43 Å². The van der Waals surface area contributed by atoms with E-state index in [1.807, 2.05) is 0 Å². The number of nitrogens with two attached hydrogens (primary N) is 1. The number of furan rings is 1. The van der Waals surface area contributed by atoms with Gasteiger partial charge in [0, 0.05) is 5.39 Å². The smallest absolute Gasteiger partial charge is 0.137 e. The second-order valence-electron chi connectivity index (χ2n) is 6.44. The van der Waals surface area contributed by atoms with E-state index in [0.29, 0.717) is 0 Å². The number of fused-ring (bicyclic) bond motifs is 1. The van der Waals surface area contributed by atoms with Crippen LogP contribution in [0, 0.1) is 12.8 Å². The highest BCUT2D eigenvalue weighted by Crippen LogP contribution is 2.32. The second kappa shape index (κ2) is 6.63. The molecule has 3 rings (SSSR count). The Balaban J connectivity index is 1.70. The lowest BCUT2D eigenvalue weighted by atomic mass is 9.85. The first-order valence-corrected chi connectivity index (χ1v) is 8.23. The highest BCUT2D eigenvalue weighted by Gasteiger charge is 2.19. The van der Waals surface area contributed by atoms with Crippen molar-refractivity contribution >= 4 is 11.0 Å². The van der Waals surface area contributed by atoms with Gasteiger partial charge in [0.05, 0.1) is 6.04 Å². The normalized spacial score (nSPS) is 18.2. The van der Waals surface area contributed by atoms with Crippen molar-refractivity contribution in [2.75, 3.05) is 0 Å². The molecule has 1 atom stereocenters. The molecule has 1 aliphatic rings. The van der Waals surface area contributed by atoms with Crippen LogP contribution in [0.5, 0.6) is 0 Å². The van der Waals surface area contributed by atoms with Gasteiger partial charge in [-0.05, 0) is 37.3 Å². The number of hydrogen-bond donors (Lipinski definition) is 2. The molecule has 0 bridgehead atoms. The Morgan fingerprint density at radius 3 is 2.81 bits per heavy atom. The van der Waals surface area contributed by atoms with Gasteiger partial charge in [0.1, 0.15) is 11.3 Å².